The second-order valence-electron chi connectivity index (χ2n) is 5.71. The third kappa shape index (κ3) is 2.83. The van der Waals surface area contributed by atoms with Crippen LogP contribution in [0.1, 0.15) is 49.6 Å². The molecular formula is C14H22N6O2. The van der Waals surface area contributed by atoms with Gasteiger partial charge in [0, 0.05) is 32.5 Å². The van der Waals surface area contributed by atoms with Crippen molar-refractivity contribution in [1.82, 2.24) is 24.9 Å². The van der Waals surface area contributed by atoms with E-state index in [1.165, 1.54) is 0 Å². The lowest BCUT2D eigenvalue weighted by atomic mass is 9.97. The highest BCUT2D eigenvalue weighted by Crippen LogP contribution is 2.28. The molecule has 2 aromatic heterocycles. The largest absolute Gasteiger partial charge is 0.388 e. The van der Waals surface area contributed by atoms with E-state index in [4.69, 9.17) is 4.52 Å². The zero-order valence-electron chi connectivity index (χ0n) is 13.1. The minimum Gasteiger partial charge on any atom is -0.388 e. The van der Waals surface area contributed by atoms with Crippen molar-refractivity contribution >= 4 is 5.95 Å². The van der Waals surface area contributed by atoms with Crippen LogP contribution < -0.4 is 4.90 Å². The van der Waals surface area contributed by atoms with Gasteiger partial charge in [-0.2, -0.15) is 4.98 Å². The highest BCUT2D eigenvalue weighted by molar-refractivity contribution is 5.30. The second-order valence-corrected chi connectivity index (χ2v) is 5.71. The molecule has 0 aromatic carbocycles. The van der Waals surface area contributed by atoms with Gasteiger partial charge in [-0.25, -0.2) is 0 Å². The van der Waals surface area contributed by atoms with Crippen LogP contribution in [0.2, 0.25) is 0 Å². The van der Waals surface area contributed by atoms with Crippen LogP contribution in [0.25, 0.3) is 0 Å². The molecule has 1 atom stereocenters. The Morgan fingerprint density at radius 3 is 2.95 bits per heavy atom. The van der Waals surface area contributed by atoms with Gasteiger partial charge in [-0.05, 0) is 24.4 Å². The fourth-order valence-corrected chi connectivity index (χ4v) is 2.93. The first kappa shape index (κ1) is 15.0. The van der Waals surface area contributed by atoms with Crippen LogP contribution in [-0.2, 0) is 20.1 Å². The lowest BCUT2D eigenvalue weighted by molar-refractivity contribution is 0.266. The Bertz CT molecular complexity index is 623. The number of aromatic nitrogens is 5. The van der Waals surface area contributed by atoms with Crippen molar-refractivity contribution in [3.05, 3.63) is 17.5 Å². The van der Waals surface area contributed by atoms with Crippen molar-refractivity contribution in [2.24, 2.45) is 7.05 Å². The number of aryl methyl sites for hydroxylation is 1. The van der Waals surface area contributed by atoms with E-state index in [2.05, 4.69) is 32.2 Å². The maximum absolute atomic E-state index is 9.25. The molecule has 8 nitrogen and oxygen atoms in total. The molecule has 0 bridgehead atoms. The molecule has 1 saturated heterocycles. The number of hydrogen-bond acceptors (Lipinski definition) is 7. The summed E-state index contributed by atoms with van der Waals surface area (Å²) in [6, 6.07) is 0. The summed E-state index contributed by atoms with van der Waals surface area (Å²) >= 11 is 0. The van der Waals surface area contributed by atoms with Gasteiger partial charge >= 0.3 is 0 Å². The number of nitrogens with zero attached hydrogens (tertiary/aromatic N) is 6. The SMILES string of the molecule is CCCc1nc(N2CCC[C@H](c3nnc(CO)n3C)C2)no1. The van der Waals surface area contributed by atoms with E-state index >= 15 is 0 Å². The molecule has 0 saturated carbocycles. The molecule has 0 aliphatic carbocycles. The number of aliphatic hydroxyl groups is 1. The van der Waals surface area contributed by atoms with Crippen molar-refractivity contribution in [2.45, 2.75) is 45.1 Å². The predicted octanol–water partition coefficient (Wildman–Crippen LogP) is 1.03. The Labute approximate surface area is 129 Å². The van der Waals surface area contributed by atoms with Gasteiger partial charge in [0.05, 0.1) is 0 Å². The summed E-state index contributed by atoms with van der Waals surface area (Å²) in [5.41, 5.74) is 0. The topological polar surface area (TPSA) is 93.1 Å². The van der Waals surface area contributed by atoms with Crippen molar-refractivity contribution < 1.29 is 9.63 Å². The van der Waals surface area contributed by atoms with Crippen molar-refractivity contribution in [2.75, 3.05) is 18.0 Å². The maximum Gasteiger partial charge on any atom is 0.266 e. The van der Waals surface area contributed by atoms with Crippen molar-refractivity contribution in [1.29, 1.82) is 0 Å². The first-order chi connectivity index (χ1) is 10.7. The van der Waals surface area contributed by atoms with E-state index in [1.807, 2.05) is 11.6 Å². The zero-order chi connectivity index (χ0) is 15.5. The van der Waals surface area contributed by atoms with Gasteiger partial charge in [-0.3, -0.25) is 0 Å². The van der Waals surface area contributed by atoms with Crippen LogP contribution in [-0.4, -0.2) is 43.1 Å². The lowest BCUT2D eigenvalue weighted by Gasteiger charge is -2.31. The summed E-state index contributed by atoms with van der Waals surface area (Å²) in [5, 5.41) is 21.6. The zero-order valence-corrected chi connectivity index (χ0v) is 13.1. The molecule has 1 aliphatic heterocycles. The Kier molecular flexibility index (Phi) is 4.37. The molecule has 120 valence electrons. The molecule has 1 fully saturated rings. The summed E-state index contributed by atoms with van der Waals surface area (Å²) in [7, 11) is 1.90. The van der Waals surface area contributed by atoms with E-state index in [-0.39, 0.29) is 12.5 Å². The van der Waals surface area contributed by atoms with Gasteiger partial charge in [-0.1, -0.05) is 6.92 Å². The predicted molar refractivity (Wildman–Crippen MR) is 79.4 cm³/mol. The first-order valence-corrected chi connectivity index (χ1v) is 7.79. The summed E-state index contributed by atoms with van der Waals surface area (Å²) in [5.74, 6) is 3.13. The van der Waals surface area contributed by atoms with Crippen molar-refractivity contribution in [3.63, 3.8) is 0 Å². The number of anilines is 1. The molecule has 8 heteroatoms. The monoisotopic (exact) mass is 306 g/mol. The molecule has 22 heavy (non-hydrogen) atoms. The molecule has 0 amide bonds. The standard InChI is InChI=1S/C14H22N6O2/c1-3-5-12-15-14(18-22-12)20-7-4-6-10(8-20)13-17-16-11(9-21)19(13)2/h10,21H,3-9H2,1-2H3/t10-/m0/s1. The van der Waals surface area contributed by atoms with E-state index in [0.717, 1.165) is 44.6 Å². The summed E-state index contributed by atoms with van der Waals surface area (Å²) < 4.78 is 7.16. The molecule has 1 aliphatic rings. The summed E-state index contributed by atoms with van der Waals surface area (Å²) in [4.78, 5) is 6.60. The van der Waals surface area contributed by atoms with E-state index in [1.54, 1.807) is 0 Å². The summed E-state index contributed by atoms with van der Waals surface area (Å²) in [6.45, 7) is 3.72. The number of hydrogen-bond donors (Lipinski definition) is 1. The Balaban J connectivity index is 1.74. The highest BCUT2D eigenvalue weighted by Gasteiger charge is 2.28. The maximum atomic E-state index is 9.25. The highest BCUT2D eigenvalue weighted by atomic mass is 16.5. The molecule has 0 spiro atoms. The van der Waals surface area contributed by atoms with Gasteiger partial charge in [0.15, 0.2) is 5.82 Å². The molecule has 2 aromatic rings. The lowest BCUT2D eigenvalue weighted by Crippen LogP contribution is -2.36. The average molecular weight is 306 g/mol. The van der Waals surface area contributed by atoms with Crippen LogP contribution in [0, 0.1) is 0 Å². The van der Waals surface area contributed by atoms with Gasteiger partial charge in [0.1, 0.15) is 12.4 Å². The third-order valence-electron chi connectivity index (χ3n) is 4.13. The van der Waals surface area contributed by atoms with Gasteiger partial charge in [0.2, 0.25) is 5.89 Å². The van der Waals surface area contributed by atoms with E-state index in [9.17, 15) is 5.11 Å². The number of rotatable bonds is 5. The molecule has 0 radical (unpaired) electrons. The van der Waals surface area contributed by atoms with Crippen LogP contribution in [0.3, 0.4) is 0 Å². The fraction of sp³-hybridized carbons (Fsp3) is 0.714. The Morgan fingerprint density at radius 1 is 1.36 bits per heavy atom. The average Bonchev–Trinajstić information content (AvgIpc) is 3.14. The molecule has 1 N–H and O–H groups in total. The molecule has 3 rings (SSSR count). The fourth-order valence-electron chi connectivity index (χ4n) is 2.93. The Hall–Kier alpha value is -1.96. The van der Waals surface area contributed by atoms with Crippen LogP contribution >= 0.6 is 0 Å². The van der Waals surface area contributed by atoms with Crippen LogP contribution in [0.5, 0.6) is 0 Å². The molecule has 0 unspecified atom stereocenters. The van der Waals surface area contributed by atoms with Crippen molar-refractivity contribution in [3.8, 4) is 0 Å². The smallest absolute Gasteiger partial charge is 0.266 e. The van der Waals surface area contributed by atoms with Crippen LogP contribution in [0.4, 0.5) is 5.95 Å². The second kappa shape index (κ2) is 6.43. The quantitative estimate of drug-likeness (QED) is 0.881. The van der Waals surface area contributed by atoms with E-state index < -0.39 is 0 Å². The first-order valence-electron chi connectivity index (χ1n) is 7.79. The number of aliphatic hydroxyl groups excluding tert-OH is 1. The normalized spacial score (nSPS) is 18.9. The van der Waals surface area contributed by atoms with Crippen LogP contribution in [0.15, 0.2) is 4.52 Å². The van der Waals surface area contributed by atoms with Gasteiger partial charge in [0.25, 0.3) is 5.95 Å². The number of piperidine rings is 1. The van der Waals surface area contributed by atoms with Gasteiger partial charge in [-0.15, -0.1) is 10.2 Å². The van der Waals surface area contributed by atoms with Gasteiger partial charge < -0.3 is 19.1 Å². The third-order valence-corrected chi connectivity index (χ3v) is 4.13. The molecule has 3 heterocycles. The minimum absolute atomic E-state index is 0.0921. The summed E-state index contributed by atoms with van der Waals surface area (Å²) in [6.07, 6.45) is 3.90. The minimum atomic E-state index is -0.0921. The van der Waals surface area contributed by atoms with E-state index in [0.29, 0.717) is 17.7 Å². The Morgan fingerprint density at radius 2 is 2.23 bits per heavy atom. The molecular weight excluding hydrogens is 284 g/mol.